The molecule has 148 valence electrons. The van der Waals surface area contributed by atoms with Gasteiger partial charge in [-0.15, -0.1) is 21.5 Å². The zero-order valence-electron chi connectivity index (χ0n) is 14.4. The molecule has 1 N–H and O–H groups in total. The fourth-order valence-electron chi connectivity index (χ4n) is 2.48. The van der Waals surface area contributed by atoms with Crippen molar-refractivity contribution in [1.29, 1.82) is 0 Å². The molecule has 1 amide bonds. The Bertz CT molecular complexity index is 1120. The Morgan fingerprint density at radius 1 is 1.24 bits per heavy atom. The summed E-state index contributed by atoms with van der Waals surface area (Å²) in [5.41, 5.74) is -0.751. The third-order valence-electron chi connectivity index (χ3n) is 3.74. The minimum Gasteiger partial charge on any atom is -0.323 e. The van der Waals surface area contributed by atoms with E-state index in [4.69, 9.17) is 0 Å². The molecule has 4 rings (SSSR count). The number of nitrogens with zero attached hydrogens (tertiary/aromatic N) is 7. The van der Waals surface area contributed by atoms with Crippen LogP contribution in [0.25, 0.3) is 16.4 Å². The Labute approximate surface area is 164 Å². The van der Waals surface area contributed by atoms with Crippen LogP contribution in [-0.4, -0.2) is 40.9 Å². The van der Waals surface area contributed by atoms with E-state index in [1.165, 1.54) is 34.7 Å². The van der Waals surface area contributed by atoms with E-state index in [1.807, 2.05) is 11.4 Å². The van der Waals surface area contributed by atoms with Crippen LogP contribution in [0.2, 0.25) is 0 Å². The highest BCUT2D eigenvalue weighted by atomic mass is 32.1. The van der Waals surface area contributed by atoms with Gasteiger partial charge in [0.15, 0.2) is 0 Å². The standard InChI is InChI=1S/C16H11F3N8OS/c17-16(18,19)10-3-4-12(26-9-20-8-21-26)11(6-10)22-14(28)7-27-24-15(23-25-27)13-2-1-5-29-13/h1-6,8-9H,7H2,(H,22,28). The van der Waals surface area contributed by atoms with Crippen molar-refractivity contribution in [2.24, 2.45) is 0 Å². The van der Waals surface area contributed by atoms with Crippen molar-refractivity contribution in [3.8, 4) is 16.4 Å². The highest BCUT2D eigenvalue weighted by molar-refractivity contribution is 7.13. The molecule has 13 heteroatoms. The number of alkyl halides is 3. The van der Waals surface area contributed by atoms with Crippen LogP contribution < -0.4 is 5.32 Å². The Kier molecular flexibility index (Phi) is 4.80. The first-order valence-corrected chi connectivity index (χ1v) is 8.96. The fraction of sp³-hybridized carbons (Fsp3) is 0.125. The SMILES string of the molecule is O=C(Cn1nnc(-c2cccs2)n1)Nc1cc(C(F)(F)F)ccc1-n1cncn1. The molecule has 0 saturated heterocycles. The summed E-state index contributed by atoms with van der Waals surface area (Å²) in [5.74, 6) is -0.268. The van der Waals surface area contributed by atoms with Gasteiger partial charge >= 0.3 is 6.18 Å². The van der Waals surface area contributed by atoms with Crippen molar-refractivity contribution in [1.82, 2.24) is 35.0 Å². The number of aromatic nitrogens is 7. The minimum atomic E-state index is -4.57. The van der Waals surface area contributed by atoms with Crippen LogP contribution in [0.1, 0.15) is 5.56 Å². The van der Waals surface area contributed by atoms with Crippen LogP contribution in [0, 0.1) is 0 Å². The van der Waals surface area contributed by atoms with Gasteiger partial charge < -0.3 is 5.32 Å². The van der Waals surface area contributed by atoms with Gasteiger partial charge in [0.05, 0.1) is 21.8 Å². The molecule has 0 saturated carbocycles. The molecule has 9 nitrogen and oxygen atoms in total. The highest BCUT2D eigenvalue weighted by Crippen LogP contribution is 2.33. The van der Waals surface area contributed by atoms with E-state index in [0.717, 1.165) is 21.8 Å². The zero-order chi connectivity index (χ0) is 20.4. The largest absolute Gasteiger partial charge is 0.416 e. The lowest BCUT2D eigenvalue weighted by Crippen LogP contribution is -2.22. The Morgan fingerprint density at radius 3 is 2.79 bits per heavy atom. The summed E-state index contributed by atoms with van der Waals surface area (Å²) in [6.07, 6.45) is -2.03. The molecular weight excluding hydrogens is 409 g/mol. The van der Waals surface area contributed by atoms with Gasteiger partial charge in [0, 0.05) is 0 Å². The predicted molar refractivity (Wildman–Crippen MR) is 96.1 cm³/mol. The molecule has 3 aromatic heterocycles. The van der Waals surface area contributed by atoms with E-state index in [-0.39, 0.29) is 17.9 Å². The third kappa shape index (κ3) is 4.13. The number of anilines is 1. The van der Waals surface area contributed by atoms with Gasteiger partial charge in [0.1, 0.15) is 19.2 Å². The molecule has 3 heterocycles. The van der Waals surface area contributed by atoms with Crippen molar-refractivity contribution in [3.63, 3.8) is 0 Å². The molecule has 29 heavy (non-hydrogen) atoms. The number of carbonyl (C=O) groups excluding carboxylic acids is 1. The normalized spacial score (nSPS) is 11.6. The van der Waals surface area contributed by atoms with Crippen LogP contribution in [0.15, 0.2) is 48.4 Å². The lowest BCUT2D eigenvalue weighted by atomic mass is 10.1. The Hall–Kier alpha value is -3.61. The summed E-state index contributed by atoms with van der Waals surface area (Å²) >= 11 is 1.41. The first-order chi connectivity index (χ1) is 13.9. The first-order valence-electron chi connectivity index (χ1n) is 8.08. The van der Waals surface area contributed by atoms with E-state index < -0.39 is 17.6 Å². The molecule has 0 aliphatic heterocycles. The number of benzene rings is 1. The molecule has 0 bridgehead atoms. The third-order valence-corrected chi connectivity index (χ3v) is 4.61. The van der Waals surface area contributed by atoms with Crippen molar-refractivity contribution in [2.75, 3.05) is 5.32 Å². The number of rotatable bonds is 5. The molecule has 0 aliphatic carbocycles. The summed E-state index contributed by atoms with van der Waals surface area (Å²) < 4.78 is 40.5. The molecule has 0 spiro atoms. The maximum absolute atomic E-state index is 13.1. The van der Waals surface area contributed by atoms with Crippen LogP contribution in [0.3, 0.4) is 0 Å². The molecule has 0 atom stereocenters. The van der Waals surface area contributed by atoms with E-state index in [9.17, 15) is 18.0 Å². The number of nitrogens with one attached hydrogen (secondary N) is 1. The van der Waals surface area contributed by atoms with Gasteiger partial charge in [0.25, 0.3) is 0 Å². The minimum absolute atomic E-state index is 0.0751. The molecule has 0 unspecified atom stereocenters. The second kappa shape index (κ2) is 7.43. The monoisotopic (exact) mass is 420 g/mol. The number of halogens is 3. The summed E-state index contributed by atoms with van der Waals surface area (Å²) in [5, 5.41) is 20.0. The van der Waals surface area contributed by atoms with Crippen LogP contribution in [-0.2, 0) is 17.5 Å². The smallest absolute Gasteiger partial charge is 0.323 e. The lowest BCUT2D eigenvalue weighted by molar-refractivity contribution is -0.137. The Morgan fingerprint density at radius 2 is 2.10 bits per heavy atom. The number of hydrogen-bond donors (Lipinski definition) is 1. The van der Waals surface area contributed by atoms with Crippen molar-refractivity contribution in [3.05, 3.63) is 53.9 Å². The summed E-state index contributed by atoms with van der Waals surface area (Å²) in [6.45, 7) is -0.328. The number of hydrogen-bond acceptors (Lipinski definition) is 7. The highest BCUT2D eigenvalue weighted by Gasteiger charge is 2.31. The number of carbonyl (C=O) groups is 1. The van der Waals surface area contributed by atoms with Crippen LogP contribution in [0.5, 0.6) is 0 Å². The van der Waals surface area contributed by atoms with Gasteiger partial charge in [-0.05, 0) is 34.9 Å². The van der Waals surface area contributed by atoms with Gasteiger partial charge in [-0.1, -0.05) is 6.07 Å². The number of tetrazole rings is 1. The molecular formula is C16H11F3N8OS. The molecule has 0 fully saturated rings. The van der Waals surface area contributed by atoms with Crippen LogP contribution >= 0.6 is 11.3 Å². The lowest BCUT2D eigenvalue weighted by Gasteiger charge is -2.14. The van der Waals surface area contributed by atoms with Crippen LogP contribution in [0.4, 0.5) is 18.9 Å². The first kappa shape index (κ1) is 18.7. The van der Waals surface area contributed by atoms with Gasteiger partial charge in [0.2, 0.25) is 11.7 Å². The number of amides is 1. The molecule has 0 aliphatic rings. The summed E-state index contributed by atoms with van der Waals surface area (Å²) in [6, 6.07) is 6.57. The topological polar surface area (TPSA) is 103 Å². The average Bonchev–Trinajstić information content (AvgIpc) is 3.43. The van der Waals surface area contributed by atoms with Gasteiger partial charge in [-0.25, -0.2) is 9.67 Å². The quantitative estimate of drug-likeness (QED) is 0.532. The summed E-state index contributed by atoms with van der Waals surface area (Å²) in [7, 11) is 0. The second-order valence-electron chi connectivity index (χ2n) is 5.74. The zero-order valence-corrected chi connectivity index (χ0v) is 15.2. The molecule has 0 radical (unpaired) electrons. The van der Waals surface area contributed by atoms with E-state index in [0.29, 0.717) is 5.82 Å². The van der Waals surface area contributed by atoms with Crippen molar-refractivity contribution in [2.45, 2.75) is 12.7 Å². The summed E-state index contributed by atoms with van der Waals surface area (Å²) in [4.78, 5) is 18.0. The van der Waals surface area contributed by atoms with Gasteiger partial charge in [-0.2, -0.15) is 23.1 Å². The molecule has 4 aromatic rings. The van der Waals surface area contributed by atoms with E-state index in [1.54, 1.807) is 6.07 Å². The van der Waals surface area contributed by atoms with Gasteiger partial charge in [-0.3, -0.25) is 4.79 Å². The molecule has 1 aromatic carbocycles. The van der Waals surface area contributed by atoms with Crippen molar-refractivity contribution >= 4 is 22.9 Å². The van der Waals surface area contributed by atoms with E-state index >= 15 is 0 Å². The second-order valence-corrected chi connectivity index (χ2v) is 6.69. The fourth-order valence-corrected chi connectivity index (χ4v) is 3.13. The van der Waals surface area contributed by atoms with E-state index in [2.05, 4.69) is 30.8 Å². The average molecular weight is 420 g/mol. The Balaban J connectivity index is 1.57. The number of thiophene rings is 1. The maximum Gasteiger partial charge on any atom is 0.416 e. The maximum atomic E-state index is 13.1. The predicted octanol–water partition coefficient (Wildman–Crippen LogP) is 2.64. The van der Waals surface area contributed by atoms with Crippen molar-refractivity contribution < 1.29 is 18.0 Å².